The summed E-state index contributed by atoms with van der Waals surface area (Å²) >= 11 is 0. The van der Waals surface area contributed by atoms with E-state index >= 15 is 0 Å². The van der Waals surface area contributed by atoms with Crippen molar-refractivity contribution in [2.75, 3.05) is 77.4 Å². The van der Waals surface area contributed by atoms with Gasteiger partial charge in [-0.1, -0.05) is 24.3 Å². The van der Waals surface area contributed by atoms with Crippen molar-refractivity contribution in [2.24, 2.45) is 5.92 Å². The number of carbonyl (C=O) groups is 1. The number of carbonyl (C=O) groups excluding carboxylic acids is 1. The summed E-state index contributed by atoms with van der Waals surface area (Å²) in [4.78, 5) is 23.7. The number of fused-ring (bicyclic) bond motifs is 13. The molecule has 1 fully saturated rings. The predicted octanol–water partition coefficient (Wildman–Crippen LogP) is 3.35. The van der Waals surface area contributed by atoms with Gasteiger partial charge in [0.25, 0.3) is 5.91 Å². The molecule has 11 nitrogen and oxygen atoms in total. The number of aromatic nitrogens is 2. The molecule has 0 radical (unpaired) electrons. The normalized spacial score (nSPS) is 17.7. The van der Waals surface area contributed by atoms with Crippen LogP contribution in [-0.2, 0) is 27.3 Å². The number of likely N-dealkylation sites (N-methyl/N-ethyl adjacent to an activating group) is 1. The molecule has 43 heavy (non-hydrogen) atoms. The maximum atomic E-state index is 12.8. The summed E-state index contributed by atoms with van der Waals surface area (Å²) in [5.74, 6) is 1.67. The third-order valence-electron chi connectivity index (χ3n) is 7.70. The van der Waals surface area contributed by atoms with Gasteiger partial charge in [0.05, 0.1) is 50.6 Å². The second-order valence-electron chi connectivity index (χ2n) is 10.8. The standard InChI is InChI=1S/C32H42N6O5/c1-38-11-14-41-15-16-42-17-18-43-30-26(20-34-19-23-9-12-40-13-10-23)3-2-4-27(30)35-22-29-31(33)36-21-28(37-29)24-5-7-25(8-6-24)32(38)39/h2-8,21,23,34-35H,9-20,22H2,1H3,(H2,33,36). The zero-order valence-corrected chi connectivity index (χ0v) is 24.8. The molecule has 0 atom stereocenters. The van der Waals surface area contributed by atoms with Gasteiger partial charge in [0, 0.05) is 50.0 Å². The lowest BCUT2D eigenvalue weighted by Crippen LogP contribution is -2.30. The molecule has 4 N–H and O–H groups in total. The van der Waals surface area contributed by atoms with Gasteiger partial charge in [0.1, 0.15) is 23.9 Å². The van der Waals surface area contributed by atoms with Gasteiger partial charge in [-0.2, -0.15) is 0 Å². The van der Waals surface area contributed by atoms with Crippen LogP contribution in [-0.4, -0.2) is 87.2 Å². The van der Waals surface area contributed by atoms with E-state index in [4.69, 9.17) is 29.7 Å². The van der Waals surface area contributed by atoms with Crippen LogP contribution in [0.4, 0.5) is 11.5 Å². The Morgan fingerprint density at radius 3 is 2.49 bits per heavy atom. The number of hydrogen-bond donors (Lipinski definition) is 3. The molecule has 6 rings (SSSR count). The summed E-state index contributed by atoms with van der Waals surface area (Å²) in [6.45, 7) is 6.23. The van der Waals surface area contributed by atoms with Gasteiger partial charge in [-0.3, -0.25) is 4.79 Å². The second kappa shape index (κ2) is 15.6. The molecule has 0 unspecified atom stereocenters. The minimum atomic E-state index is -0.0733. The lowest BCUT2D eigenvalue weighted by molar-refractivity contribution is 0.0300. The Hall–Kier alpha value is -3.77. The van der Waals surface area contributed by atoms with Crippen LogP contribution < -0.4 is 21.1 Å². The molecule has 4 bridgehead atoms. The third-order valence-corrected chi connectivity index (χ3v) is 7.70. The first-order chi connectivity index (χ1) is 21.1. The van der Waals surface area contributed by atoms with E-state index in [2.05, 4.69) is 21.7 Å². The van der Waals surface area contributed by atoms with E-state index in [1.165, 1.54) is 0 Å². The molecule has 3 aromatic rings. The maximum absolute atomic E-state index is 12.8. The highest BCUT2D eigenvalue weighted by molar-refractivity contribution is 5.94. The number of nitrogens with two attached hydrogens (primary N) is 1. The molecule has 0 aliphatic carbocycles. The lowest BCUT2D eigenvalue weighted by atomic mass is 10.0. The minimum absolute atomic E-state index is 0.0733. The number of nitrogen functional groups attached to an aromatic ring is 1. The Labute approximate surface area is 253 Å². The summed E-state index contributed by atoms with van der Waals surface area (Å²) < 4.78 is 23.2. The van der Waals surface area contributed by atoms with Gasteiger partial charge in [0.2, 0.25) is 0 Å². The van der Waals surface area contributed by atoms with Crippen molar-refractivity contribution >= 4 is 17.4 Å². The first-order valence-electron chi connectivity index (χ1n) is 15.0. The number of rotatable bonds is 4. The third kappa shape index (κ3) is 8.64. The smallest absolute Gasteiger partial charge is 0.253 e. The molecule has 0 saturated carbocycles. The Morgan fingerprint density at radius 1 is 0.953 bits per heavy atom. The fourth-order valence-electron chi connectivity index (χ4n) is 5.11. The molecular formula is C32H42N6O5. The Balaban J connectivity index is 1.35. The largest absolute Gasteiger partial charge is 0.489 e. The van der Waals surface area contributed by atoms with Crippen LogP contribution >= 0.6 is 0 Å². The summed E-state index contributed by atoms with van der Waals surface area (Å²) in [5, 5.41) is 7.09. The topological polar surface area (TPSA) is 133 Å². The number of ether oxygens (including phenoxy) is 4. The molecule has 3 aliphatic heterocycles. The number of anilines is 2. The molecule has 1 amide bonds. The predicted molar refractivity (Wildman–Crippen MR) is 165 cm³/mol. The van der Waals surface area contributed by atoms with E-state index in [1.54, 1.807) is 30.3 Å². The number of amides is 1. The van der Waals surface area contributed by atoms with Gasteiger partial charge < -0.3 is 40.2 Å². The highest BCUT2D eigenvalue weighted by atomic mass is 16.5. The molecule has 0 spiro atoms. The van der Waals surface area contributed by atoms with E-state index in [-0.39, 0.29) is 5.91 Å². The maximum Gasteiger partial charge on any atom is 0.253 e. The highest BCUT2D eigenvalue weighted by Crippen LogP contribution is 2.30. The SMILES string of the molecule is CN1CCOCCOCCOc2c(CNCC3CCOCC3)cccc2NCc2nc(cnc2N)-c2ccc(cc2)C1=O. The van der Waals surface area contributed by atoms with Crippen LogP contribution in [0.2, 0.25) is 0 Å². The van der Waals surface area contributed by atoms with E-state index in [0.717, 1.165) is 55.2 Å². The van der Waals surface area contributed by atoms with Crippen molar-refractivity contribution in [3.05, 3.63) is 65.5 Å². The van der Waals surface area contributed by atoms with E-state index in [1.807, 2.05) is 24.3 Å². The van der Waals surface area contributed by atoms with Gasteiger partial charge in [-0.25, -0.2) is 9.97 Å². The first-order valence-corrected chi connectivity index (χ1v) is 15.0. The number of benzene rings is 2. The summed E-state index contributed by atoms with van der Waals surface area (Å²) in [7, 11) is 1.77. The van der Waals surface area contributed by atoms with Crippen molar-refractivity contribution < 1.29 is 23.7 Å². The van der Waals surface area contributed by atoms with Gasteiger partial charge in [-0.15, -0.1) is 0 Å². The van der Waals surface area contributed by atoms with Crippen molar-refractivity contribution in [1.82, 2.24) is 20.2 Å². The molecule has 2 aromatic carbocycles. The summed E-state index contributed by atoms with van der Waals surface area (Å²) in [6.07, 6.45) is 3.82. The fourth-order valence-corrected chi connectivity index (χ4v) is 5.11. The van der Waals surface area contributed by atoms with Crippen LogP contribution in [0.1, 0.15) is 34.5 Å². The fraction of sp³-hybridized carbons (Fsp3) is 0.469. The van der Waals surface area contributed by atoms with Gasteiger partial charge in [0.15, 0.2) is 0 Å². The van der Waals surface area contributed by atoms with Crippen LogP contribution in [0.25, 0.3) is 11.3 Å². The average Bonchev–Trinajstić information content (AvgIpc) is 3.04. The van der Waals surface area contributed by atoms with Crippen molar-refractivity contribution in [3.8, 4) is 17.0 Å². The van der Waals surface area contributed by atoms with Crippen LogP contribution in [0.3, 0.4) is 0 Å². The number of nitrogens with one attached hydrogen (secondary N) is 2. The molecule has 1 saturated heterocycles. The monoisotopic (exact) mass is 590 g/mol. The minimum Gasteiger partial charge on any atom is -0.489 e. The van der Waals surface area contributed by atoms with Crippen molar-refractivity contribution in [1.29, 1.82) is 0 Å². The second-order valence-corrected chi connectivity index (χ2v) is 10.8. The van der Waals surface area contributed by atoms with E-state index < -0.39 is 0 Å². The molecule has 1 aromatic heterocycles. The van der Waals surface area contributed by atoms with Crippen LogP contribution in [0.5, 0.6) is 5.75 Å². The summed E-state index contributed by atoms with van der Waals surface area (Å²) in [5.41, 5.74) is 10.9. The molecule has 11 heteroatoms. The average molecular weight is 591 g/mol. The zero-order chi connectivity index (χ0) is 29.9. The molecule has 3 aliphatic rings. The summed E-state index contributed by atoms with van der Waals surface area (Å²) in [6, 6.07) is 13.4. The van der Waals surface area contributed by atoms with Gasteiger partial charge in [-0.05, 0) is 43.5 Å². The Kier molecular flexibility index (Phi) is 11.2. The van der Waals surface area contributed by atoms with Crippen molar-refractivity contribution in [2.45, 2.75) is 25.9 Å². The lowest BCUT2D eigenvalue weighted by Gasteiger charge is -2.23. The molecular weight excluding hydrogens is 548 g/mol. The number of hydrogen-bond acceptors (Lipinski definition) is 10. The quantitative estimate of drug-likeness (QED) is 0.389. The Morgan fingerprint density at radius 2 is 1.67 bits per heavy atom. The van der Waals surface area contributed by atoms with Crippen LogP contribution in [0.15, 0.2) is 48.7 Å². The highest BCUT2D eigenvalue weighted by Gasteiger charge is 2.16. The van der Waals surface area contributed by atoms with E-state index in [0.29, 0.717) is 81.4 Å². The van der Waals surface area contributed by atoms with Gasteiger partial charge >= 0.3 is 0 Å². The first kappa shape index (κ1) is 30.7. The zero-order valence-electron chi connectivity index (χ0n) is 24.8. The number of nitrogens with zero attached hydrogens (tertiary/aromatic N) is 3. The number of para-hydroxylation sites is 1. The van der Waals surface area contributed by atoms with Crippen LogP contribution in [0, 0.1) is 5.92 Å². The molecule has 230 valence electrons. The van der Waals surface area contributed by atoms with E-state index in [9.17, 15) is 4.79 Å². The molecule has 4 heterocycles. The van der Waals surface area contributed by atoms with Crippen molar-refractivity contribution in [3.63, 3.8) is 0 Å². The Bertz CT molecular complexity index is 1330.